The van der Waals surface area contributed by atoms with Gasteiger partial charge in [-0.05, 0) is 19.1 Å². The van der Waals surface area contributed by atoms with Crippen LogP contribution in [0.5, 0.6) is 0 Å². The van der Waals surface area contributed by atoms with Gasteiger partial charge in [-0.2, -0.15) is 13.2 Å². The largest absolute Gasteiger partial charge is 0.417 e. The Bertz CT molecular complexity index is 705. The highest BCUT2D eigenvalue weighted by Crippen LogP contribution is 2.29. The van der Waals surface area contributed by atoms with Gasteiger partial charge in [-0.1, -0.05) is 5.16 Å². The Kier molecular flexibility index (Phi) is 3.55. The van der Waals surface area contributed by atoms with Crippen molar-refractivity contribution in [3.05, 3.63) is 41.4 Å². The number of hydrogen-bond donors (Lipinski definition) is 0. The SMILES string of the molecule is Cc1cc(CS(=O)(=O)c2ccc(C(F)(F)F)cn2)on1. The van der Waals surface area contributed by atoms with Crippen LogP contribution in [0.15, 0.2) is 33.9 Å². The smallest absolute Gasteiger partial charge is 0.360 e. The molecule has 0 aliphatic heterocycles. The molecule has 5 nitrogen and oxygen atoms in total. The highest BCUT2D eigenvalue weighted by atomic mass is 32.2. The number of sulfone groups is 1. The van der Waals surface area contributed by atoms with Gasteiger partial charge < -0.3 is 4.52 Å². The summed E-state index contributed by atoms with van der Waals surface area (Å²) in [4.78, 5) is 3.35. The van der Waals surface area contributed by atoms with E-state index in [1.807, 2.05) is 0 Å². The van der Waals surface area contributed by atoms with Gasteiger partial charge in [-0.3, -0.25) is 0 Å². The first kappa shape index (κ1) is 14.5. The van der Waals surface area contributed by atoms with E-state index in [2.05, 4.69) is 10.1 Å². The van der Waals surface area contributed by atoms with Crippen molar-refractivity contribution in [1.82, 2.24) is 10.1 Å². The van der Waals surface area contributed by atoms with Crippen LogP contribution >= 0.6 is 0 Å². The van der Waals surface area contributed by atoms with E-state index < -0.39 is 32.4 Å². The number of alkyl halides is 3. The Morgan fingerprint density at radius 3 is 2.45 bits per heavy atom. The molecule has 0 saturated heterocycles. The predicted octanol–water partition coefficient (Wildman–Crippen LogP) is 2.37. The molecule has 0 aliphatic carbocycles. The van der Waals surface area contributed by atoms with Gasteiger partial charge in [0.1, 0.15) is 5.75 Å². The van der Waals surface area contributed by atoms with E-state index in [0.29, 0.717) is 18.0 Å². The minimum absolute atomic E-state index is 0.101. The summed E-state index contributed by atoms with van der Waals surface area (Å²) in [5.74, 6) is -0.407. The molecule has 9 heteroatoms. The maximum absolute atomic E-state index is 12.4. The van der Waals surface area contributed by atoms with Crippen LogP contribution in [0.3, 0.4) is 0 Å². The van der Waals surface area contributed by atoms with Gasteiger partial charge in [0.15, 0.2) is 10.8 Å². The third-order valence-electron chi connectivity index (χ3n) is 2.39. The van der Waals surface area contributed by atoms with E-state index in [9.17, 15) is 21.6 Å². The molecule has 0 spiro atoms. The lowest BCUT2D eigenvalue weighted by Crippen LogP contribution is -2.10. The molecule has 0 amide bonds. The molecule has 2 aromatic rings. The van der Waals surface area contributed by atoms with Gasteiger partial charge >= 0.3 is 6.18 Å². The number of halogens is 3. The first-order chi connectivity index (χ1) is 9.18. The fourth-order valence-electron chi connectivity index (χ4n) is 1.48. The Hall–Kier alpha value is -1.90. The summed E-state index contributed by atoms with van der Waals surface area (Å²) < 4.78 is 65.7. The van der Waals surface area contributed by atoms with Crippen molar-refractivity contribution in [3.63, 3.8) is 0 Å². The van der Waals surface area contributed by atoms with Crippen LogP contribution in [0.4, 0.5) is 13.2 Å². The third-order valence-corrected chi connectivity index (χ3v) is 3.93. The Morgan fingerprint density at radius 2 is 2.00 bits per heavy atom. The van der Waals surface area contributed by atoms with E-state index in [4.69, 9.17) is 4.52 Å². The summed E-state index contributed by atoms with van der Waals surface area (Å²) in [7, 11) is -3.87. The predicted molar refractivity (Wildman–Crippen MR) is 61.4 cm³/mol. The molecule has 108 valence electrons. The van der Waals surface area contributed by atoms with Crippen molar-refractivity contribution < 1.29 is 26.1 Å². The van der Waals surface area contributed by atoms with Gasteiger partial charge in [0.05, 0.1) is 11.3 Å². The van der Waals surface area contributed by atoms with Crippen molar-refractivity contribution in [2.24, 2.45) is 0 Å². The van der Waals surface area contributed by atoms with Gasteiger partial charge in [0.2, 0.25) is 9.84 Å². The Morgan fingerprint density at radius 1 is 1.30 bits per heavy atom. The molecule has 0 atom stereocenters. The Balaban J connectivity index is 2.26. The van der Waals surface area contributed by atoms with Crippen molar-refractivity contribution >= 4 is 9.84 Å². The molecular weight excluding hydrogens is 297 g/mol. The lowest BCUT2D eigenvalue weighted by Gasteiger charge is -2.06. The van der Waals surface area contributed by atoms with Crippen LogP contribution in [-0.2, 0) is 21.8 Å². The van der Waals surface area contributed by atoms with Crippen molar-refractivity contribution in [3.8, 4) is 0 Å². The number of pyridine rings is 1. The second kappa shape index (κ2) is 4.89. The van der Waals surface area contributed by atoms with E-state index in [1.165, 1.54) is 6.07 Å². The van der Waals surface area contributed by atoms with Crippen molar-refractivity contribution in [2.45, 2.75) is 23.9 Å². The molecule has 0 radical (unpaired) electrons. The van der Waals surface area contributed by atoms with Crippen LogP contribution in [0.25, 0.3) is 0 Å². The lowest BCUT2D eigenvalue weighted by molar-refractivity contribution is -0.137. The molecule has 20 heavy (non-hydrogen) atoms. The number of rotatable bonds is 3. The van der Waals surface area contributed by atoms with Crippen LogP contribution in [0, 0.1) is 6.92 Å². The molecule has 2 heterocycles. The summed E-state index contributed by atoms with van der Waals surface area (Å²) in [6.45, 7) is 1.62. The van der Waals surface area contributed by atoms with Crippen LogP contribution in [0.1, 0.15) is 17.0 Å². The zero-order valence-corrected chi connectivity index (χ0v) is 11.0. The van der Waals surface area contributed by atoms with Gasteiger partial charge in [-0.15, -0.1) is 0 Å². The zero-order chi connectivity index (χ0) is 15.0. The van der Waals surface area contributed by atoms with E-state index >= 15 is 0 Å². The van der Waals surface area contributed by atoms with Crippen molar-refractivity contribution in [1.29, 1.82) is 0 Å². The van der Waals surface area contributed by atoms with E-state index in [1.54, 1.807) is 6.92 Å². The first-order valence-corrected chi connectivity index (χ1v) is 7.02. The molecule has 0 aromatic carbocycles. The number of hydrogen-bond acceptors (Lipinski definition) is 5. The second-order valence-corrected chi connectivity index (χ2v) is 6.01. The molecule has 0 bridgehead atoms. The second-order valence-electron chi connectivity index (χ2n) is 4.08. The summed E-state index contributed by atoms with van der Waals surface area (Å²) in [5.41, 5.74) is -0.498. The first-order valence-electron chi connectivity index (χ1n) is 5.37. The van der Waals surface area contributed by atoms with Gasteiger partial charge in [0.25, 0.3) is 0 Å². The zero-order valence-electron chi connectivity index (χ0n) is 10.2. The molecule has 0 saturated carbocycles. The molecular formula is C11H9F3N2O3S. The number of nitrogens with zero attached hydrogens (tertiary/aromatic N) is 2. The highest BCUT2D eigenvalue weighted by molar-refractivity contribution is 7.90. The average Bonchev–Trinajstić information content (AvgIpc) is 2.73. The fourth-order valence-corrected chi connectivity index (χ4v) is 2.62. The third kappa shape index (κ3) is 3.16. The highest BCUT2D eigenvalue weighted by Gasteiger charge is 2.31. The summed E-state index contributed by atoms with van der Waals surface area (Å²) in [6.07, 6.45) is -4.07. The molecule has 0 N–H and O–H groups in total. The fraction of sp³-hybridized carbons (Fsp3) is 0.273. The minimum Gasteiger partial charge on any atom is -0.360 e. The van der Waals surface area contributed by atoms with E-state index in [-0.39, 0.29) is 5.76 Å². The van der Waals surface area contributed by atoms with Gasteiger partial charge in [-0.25, -0.2) is 13.4 Å². The summed E-state index contributed by atoms with van der Waals surface area (Å²) >= 11 is 0. The average molecular weight is 306 g/mol. The number of aryl methyl sites for hydroxylation is 1. The summed E-state index contributed by atoms with van der Waals surface area (Å²) in [6, 6.07) is 2.93. The van der Waals surface area contributed by atoms with Gasteiger partial charge in [0, 0.05) is 12.3 Å². The van der Waals surface area contributed by atoms with Crippen LogP contribution < -0.4 is 0 Å². The molecule has 0 unspecified atom stereocenters. The van der Waals surface area contributed by atoms with Crippen molar-refractivity contribution in [2.75, 3.05) is 0 Å². The topological polar surface area (TPSA) is 73.1 Å². The normalized spacial score (nSPS) is 12.6. The number of aromatic nitrogens is 2. The lowest BCUT2D eigenvalue weighted by atomic mass is 10.3. The molecule has 0 fully saturated rings. The maximum atomic E-state index is 12.4. The van der Waals surface area contributed by atoms with Crippen LogP contribution in [-0.4, -0.2) is 18.6 Å². The molecule has 2 rings (SSSR count). The molecule has 0 aliphatic rings. The minimum atomic E-state index is -4.56. The summed E-state index contributed by atoms with van der Waals surface area (Å²) in [5, 5.41) is 3.09. The van der Waals surface area contributed by atoms with Crippen LogP contribution in [0.2, 0.25) is 0 Å². The monoisotopic (exact) mass is 306 g/mol. The van der Waals surface area contributed by atoms with E-state index in [0.717, 1.165) is 6.07 Å². The maximum Gasteiger partial charge on any atom is 0.417 e. The standard InChI is InChI=1S/C11H9F3N2O3S/c1-7-4-9(19-16-7)6-20(17,18)10-3-2-8(5-15-10)11(12,13)14/h2-5H,6H2,1H3. The quantitative estimate of drug-likeness (QED) is 0.870. The molecule has 2 aromatic heterocycles. The Labute approximate surface area is 112 Å².